The maximum atomic E-state index is 6.38. The third-order valence-electron chi connectivity index (χ3n) is 6.00. The van der Waals surface area contributed by atoms with Gasteiger partial charge >= 0.3 is 23.0 Å². The lowest BCUT2D eigenvalue weighted by Crippen LogP contribution is -3.00. The van der Waals surface area contributed by atoms with Crippen molar-refractivity contribution in [2.75, 3.05) is 0 Å². The second kappa shape index (κ2) is 12.9. The topological polar surface area (TPSA) is 38.4 Å². The zero-order valence-corrected chi connectivity index (χ0v) is 32.4. The van der Waals surface area contributed by atoms with Gasteiger partial charge < -0.3 is 22.0 Å². The number of nitrogens with one attached hydrogen (secondary N) is 1. The van der Waals surface area contributed by atoms with Crippen LogP contribution in [0.3, 0.4) is 0 Å². The normalized spacial score (nSPS) is 12.5. The van der Waals surface area contributed by atoms with E-state index in [0.717, 1.165) is 54.5 Å². The Balaban J connectivity index is 0.00000235. The van der Waals surface area contributed by atoms with Crippen LogP contribution in [0.25, 0.3) is 22.5 Å². The summed E-state index contributed by atoms with van der Waals surface area (Å²) in [6, 6.07) is 8.63. The lowest BCUT2D eigenvalue weighted by molar-refractivity contribution is -0.00000945. The lowest BCUT2D eigenvalue weighted by Gasteiger charge is -2.15. The predicted octanol–water partition coefficient (Wildman–Crippen LogP) is 9.51. The summed E-state index contributed by atoms with van der Waals surface area (Å²) in [7, 11) is 0. The highest BCUT2D eigenvalue weighted by Crippen LogP contribution is 2.44. The first kappa shape index (κ1) is 36.0. The predicted molar refractivity (Wildman–Crippen MR) is 173 cm³/mol. The van der Waals surface area contributed by atoms with Crippen molar-refractivity contribution in [1.82, 2.24) is 4.98 Å². The van der Waals surface area contributed by atoms with Gasteiger partial charge in [-0.2, -0.15) is 0 Å². The highest BCUT2D eigenvalue weighted by molar-refractivity contribution is 9.93. The van der Waals surface area contributed by atoms with Gasteiger partial charge in [-0.25, -0.2) is 8.83 Å². The Bertz CT molecular complexity index is 1090. The molecule has 8 heteroatoms. The standard InChI is InChI=1S/C30H41Br2NO2.Br2.BrH/c1-27(2,3)19-13-17(14-20(34-19)28(4,5)6)25-23(31)24(32)26(33-25)18-15-21(29(7,8)9)35-22(16-18)30(10,11)12;1-2;/h13-16,33H,1-12H3;;1H/q+2;;/p-1. The molecule has 0 aromatic carbocycles. The lowest BCUT2D eigenvalue weighted by atomic mass is 9.88. The number of H-pyrrole nitrogens is 1. The highest BCUT2D eigenvalue weighted by Gasteiger charge is 2.37. The number of rotatable bonds is 2. The first-order chi connectivity index (χ1) is 16.7. The molecule has 0 fully saturated rings. The summed E-state index contributed by atoms with van der Waals surface area (Å²) in [4.78, 5) is 3.72. The molecule has 3 aromatic heterocycles. The summed E-state index contributed by atoms with van der Waals surface area (Å²) < 4.78 is 14.8. The van der Waals surface area contributed by atoms with E-state index in [-0.39, 0.29) is 38.6 Å². The Morgan fingerprint density at radius 2 is 0.711 bits per heavy atom. The first-order valence-corrected chi connectivity index (χ1v) is 17.7. The van der Waals surface area contributed by atoms with E-state index < -0.39 is 0 Å². The summed E-state index contributed by atoms with van der Waals surface area (Å²) in [5, 5.41) is 0. The van der Waals surface area contributed by atoms with Crippen LogP contribution >= 0.6 is 60.1 Å². The molecule has 0 spiro atoms. The highest BCUT2D eigenvalue weighted by atomic mass is 80.9. The van der Waals surface area contributed by atoms with Crippen LogP contribution < -0.4 is 17.0 Å². The molecule has 0 radical (unpaired) electrons. The smallest absolute Gasteiger partial charge is 0.335 e. The van der Waals surface area contributed by atoms with E-state index in [0.29, 0.717) is 0 Å². The average molecular weight is 847 g/mol. The van der Waals surface area contributed by atoms with Gasteiger partial charge in [0.1, 0.15) is 0 Å². The molecule has 0 bridgehead atoms. The average Bonchev–Trinajstić information content (AvgIpc) is 3.07. The van der Waals surface area contributed by atoms with E-state index in [1.54, 1.807) is 0 Å². The van der Waals surface area contributed by atoms with E-state index in [4.69, 9.17) is 8.83 Å². The summed E-state index contributed by atoms with van der Waals surface area (Å²) in [5.74, 6) is 3.84. The first-order valence-electron chi connectivity index (χ1n) is 12.4. The Morgan fingerprint density at radius 1 is 0.500 bits per heavy atom. The quantitative estimate of drug-likeness (QED) is 0.261. The number of aromatic nitrogens is 1. The molecular formula is C30H41Br5NO2+. The molecule has 3 aromatic rings. The molecule has 0 aliphatic carbocycles. The zero-order chi connectivity index (χ0) is 28.7. The van der Waals surface area contributed by atoms with Gasteiger partial charge in [-0.15, -0.1) is 0 Å². The molecule has 0 atom stereocenters. The van der Waals surface area contributed by atoms with Crippen LogP contribution in [0, 0.1) is 0 Å². The van der Waals surface area contributed by atoms with Crippen molar-refractivity contribution in [2.45, 2.75) is 105 Å². The van der Waals surface area contributed by atoms with Crippen molar-refractivity contribution >= 4 is 60.1 Å². The third-order valence-corrected chi connectivity index (χ3v) is 8.12. The van der Waals surface area contributed by atoms with Gasteiger partial charge in [0.25, 0.3) is 0 Å². The summed E-state index contributed by atoms with van der Waals surface area (Å²) in [6.07, 6.45) is 0. The van der Waals surface area contributed by atoms with Gasteiger partial charge in [0.2, 0.25) is 0 Å². The van der Waals surface area contributed by atoms with Crippen molar-refractivity contribution < 1.29 is 25.8 Å². The minimum Gasteiger partial charge on any atom is -1.00 e. The van der Waals surface area contributed by atoms with Crippen LogP contribution in [0.15, 0.2) is 42.0 Å². The van der Waals surface area contributed by atoms with Gasteiger partial charge in [-0.3, -0.25) is 0 Å². The van der Waals surface area contributed by atoms with E-state index in [1.807, 2.05) is 0 Å². The van der Waals surface area contributed by atoms with Crippen LogP contribution in [0.1, 0.15) is 106 Å². The number of aromatic amines is 1. The monoisotopic (exact) mass is 842 g/mol. The summed E-state index contributed by atoms with van der Waals surface area (Å²) in [5.41, 5.74) is 3.79. The maximum Gasteiger partial charge on any atom is 0.335 e. The van der Waals surface area contributed by atoms with E-state index in [1.165, 1.54) is 0 Å². The summed E-state index contributed by atoms with van der Waals surface area (Å²) >= 11 is 13.2. The molecule has 212 valence electrons. The number of hydrogen-bond acceptors (Lipinski definition) is 0. The Labute approximate surface area is 272 Å². The molecule has 0 aliphatic rings. The zero-order valence-electron chi connectivity index (χ0n) is 24.5. The molecule has 0 saturated carbocycles. The Kier molecular flexibility index (Phi) is 12.2. The van der Waals surface area contributed by atoms with E-state index >= 15 is 0 Å². The van der Waals surface area contributed by atoms with Gasteiger partial charge in [-0.05, 0) is 115 Å². The Hall–Kier alpha value is -0.0200. The van der Waals surface area contributed by atoms with Crippen molar-refractivity contribution in [2.24, 2.45) is 0 Å². The van der Waals surface area contributed by atoms with Crippen molar-refractivity contribution in [3.05, 3.63) is 56.3 Å². The second-order valence-corrected chi connectivity index (χ2v) is 15.2. The van der Waals surface area contributed by atoms with Crippen LogP contribution in [0.4, 0.5) is 0 Å². The van der Waals surface area contributed by atoms with Gasteiger partial charge in [-0.1, -0.05) is 0 Å². The molecule has 3 nitrogen and oxygen atoms in total. The molecule has 0 amide bonds. The molecule has 3 heterocycles. The minimum absolute atomic E-state index is 0. The molecular weight excluding hydrogens is 806 g/mol. The Morgan fingerprint density at radius 3 is 0.895 bits per heavy atom. The number of hydrogen-bond donors (Lipinski definition) is 1. The van der Waals surface area contributed by atoms with Gasteiger partial charge in [0.05, 0.1) is 42.0 Å². The fraction of sp³-hybridized carbons (Fsp3) is 0.533. The molecule has 0 unspecified atom stereocenters. The summed E-state index contributed by atoms with van der Waals surface area (Å²) in [6.45, 7) is 26.2. The number of halogens is 5. The van der Waals surface area contributed by atoms with Crippen LogP contribution in [-0.4, -0.2) is 4.98 Å². The van der Waals surface area contributed by atoms with Crippen LogP contribution in [0.2, 0.25) is 0 Å². The molecule has 38 heavy (non-hydrogen) atoms. The molecule has 1 N–H and O–H groups in total. The fourth-order valence-corrected chi connectivity index (χ4v) is 4.67. The third kappa shape index (κ3) is 8.50. The van der Waals surface area contributed by atoms with Crippen molar-refractivity contribution in [3.63, 3.8) is 0 Å². The fourth-order valence-electron chi connectivity index (χ4n) is 3.62. The van der Waals surface area contributed by atoms with Crippen LogP contribution in [-0.2, 0) is 21.7 Å². The minimum atomic E-state index is -0.112. The second-order valence-electron chi connectivity index (χ2n) is 13.7. The van der Waals surface area contributed by atoms with Gasteiger partial charge in [0, 0.05) is 63.6 Å². The molecule has 0 saturated heterocycles. The van der Waals surface area contributed by atoms with Crippen molar-refractivity contribution in [3.8, 4) is 22.5 Å². The van der Waals surface area contributed by atoms with E-state index in [2.05, 4.69) is 172 Å². The molecule has 0 aliphatic heterocycles. The maximum absolute atomic E-state index is 6.38. The molecule has 3 rings (SSSR count). The van der Waals surface area contributed by atoms with Crippen LogP contribution in [0.5, 0.6) is 0 Å². The SMILES string of the molecule is BrBr.CC(C)(C)c1cc(-c2[nH]c(-c3cc(C(C)(C)C)[o+]c(C(C)(C)C)c3)c(Br)c2Br)cc(C(C)(C)C)[o+]1.[Br-]. The van der Waals surface area contributed by atoms with E-state index in [9.17, 15) is 0 Å². The van der Waals surface area contributed by atoms with Gasteiger partial charge in [0.15, 0.2) is 0 Å². The van der Waals surface area contributed by atoms with Crippen molar-refractivity contribution in [1.29, 1.82) is 0 Å². The largest absolute Gasteiger partial charge is 1.00 e.